The number of nitrogens with zero attached hydrogens (tertiary/aromatic N) is 1. The molecule has 0 aromatic heterocycles. The van der Waals surface area contributed by atoms with Crippen LogP contribution in [-0.2, 0) is 0 Å². The van der Waals surface area contributed by atoms with Gasteiger partial charge in [-0.2, -0.15) is 8.78 Å². The molecular weight excluding hydrogens is 395 g/mol. The van der Waals surface area contributed by atoms with Gasteiger partial charge in [0.15, 0.2) is 5.96 Å². The summed E-state index contributed by atoms with van der Waals surface area (Å²) in [6.45, 7) is 0.0609. The van der Waals surface area contributed by atoms with Gasteiger partial charge in [-0.3, -0.25) is 4.99 Å². The van der Waals surface area contributed by atoms with Crippen LogP contribution < -0.4 is 15.4 Å². The van der Waals surface area contributed by atoms with Gasteiger partial charge in [0, 0.05) is 20.1 Å². The second-order valence-electron chi connectivity index (χ2n) is 3.95. The molecule has 1 atom stereocenters. The minimum Gasteiger partial charge on any atom is -0.435 e. The Kier molecular flexibility index (Phi) is 9.97. The Hall–Kier alpha value is -1.16. The van der Waals surface area contributed by atoms with Gasteiger partial charge in [0.25, 0.3) is 0 Å². The van der Waals surface area contributed by atoms with Crippen LogP contribution in [-0.4, -0.2) is 37.8 Å². The number of aliphatic hydroxyl groups excluding tert-OH is 1. The molecule has 1 rings (SSSR count). The number of hydrogen-bond acceptors (Lipinski definition) is 3. The SMILES string of the molecule is CCNC(=NC)NCC(O)c1ccc(OC(F)F)cc1.I. The summed E-state index contributed by atoms with van der Waals surface area (Å²) >= 11 is 0. The fourth-order valence-corrected chi connectivity index (χ4v) is 1.57. The summed E-state index contributed by atoms with van der Waals surface area (Å²) < 4.78 is 28.2. The number of ether oxygens (including phenoxy) is 1. The maximum atomic E-state index is 12.0. The van der Waals surface area contributed by atoms with E-state index in [-0.39, 0.29) is 36.3 Å². The highest BCUT2D eigenvalue weighted by atomic mass is 127. The van der Waals surface area contributed by atoms with E-state index in [1.165, 1.54) is 12.1 Å². The van der Waals surface area contributed by atoms with E-state index in [0.717, 1.165) is 6.54 Å². The molecule has 1 aromatic carbocycles. The molecule has 0 aliphatic heterocycles. The van der Waals surface area contributed by atoms with Crippen LogP contribution in [0.3, 0.4) is 0 Å². The van der Waals surface area contributed by atoms with E-state index in [1.54, 1.807) is 19.2 Å². The molecule has 1 unspecified atom stereocenters. The van der Waals surface area contributed by atoms with Crippen LogP contribution in [0, 0.1) is 0 Å². The first-order valence-electron chi connectivity index (χ1n) is 6.24. The maximum Gasteiger partial charge on any atom is 0.387 e. The van der Waals surface area contributed by atoms with Crippen molar-refractivity contribution in [1.29, 1.82) is 0 Å². The van der Waals surface area contributed by atoms with Gasteiger partial charge in [-0.05, 0) is 24.6 Å². The van der Waals surface area contributed by atoms with E-state index in [4.69, 9.17) is 0 Å². The molecule has 3 N–H and O–H groups in total. The zero-order valence-corrected chi connectivity index (χ0v) is 14.2. The van der Waals surface area contributed by atoms with Crippen molar-refractivity contribution in [3.05, 3.63) is 29.8 Å². The molecule has 0 aliphatic carbocycles. The molecule has 0 bridgehead atoms. The Balaban J connectivity index is 0.00000400. The average molecular weight is 415 g/mol. The summed E-state index contributed by atoms with van der Waals surface area (Å²) in [6, 6.07) is 5.87. The molecule has 0 heterocycles. The van der Waals surface area contributed by atoms with E-state index in [9.17, 15) is 13.9 Å². The van der Waals surface area contributed by atoms with Crippen LogP contribution in [0.1, 0.15) is 18.6 Å². The zero-order valence-electron chi connectivity index (χ0n) is 11.8. The molecule has 1 aromatic rings. The molecule has 0 saturated carbocycles. The van der Waals surface area contributed by atoms with Crippen LogP contribution in [0.15, 0.2) is 29.3 Å². The molecular formula is C13H20F2IN3O2. The molecule has 0 saturated heterocycles. The molecule has 0 aliphatic rings. The predicted octanol–water partition coefficient (Wildman–Crippen LogP) is 2.12. The number of rotatable bonds is 6. The lowest BCUT2D eigenvalue weighted by Crippen LogP contribution is -2.39. The van der Waals surface area contributed by atoms with Gasteiger partial charge in [0.1, 0.15) is 5.75 Å². The van der Waals surface area contributed by atoms with Crippen molar-refractivity contribution in [2.24, 2.45) is 4.99 Å². The third-order valence-corrected chi connectivity index (χ3v) is 2.52. The number of halogens is 3. The molecule has 8 heteroatoms. The molecule has 0 amide bonds. The van der Waals surface area contributed by atoms with Gasteiger partial charge in [-0.15, -0.1) is 24.0 Å². The predicted molar refractivity (Wildman–Crippen MR) is 88.5 cm³/mol. The number of benzene rings is 1. The van der Waals surface area contributed by atoms with Crippen LogP contribution in [0.25, 0.3) is 0 Å². The Morgan fingerprint density at radius 2 is 1.90 bits per heavy atom. The molecule has 5 nitrogen and oxygen atoms in total. The summed E-state index contributed by atoms with van der Waals surface area (Å²) in [5.41, 5.74) is 0.603. The highest BCUT2D eigenvalue weighted by Gasteiger charge is 2.09. The Morgan fingerprint density at radius 3 is 2.38 bits per heavy atom. The van der Waals surface area contributed by atoms with Crippen molar-refractivity contribution in [3.63, 3.8) is 0 Å². The number of nitrogens with one attached hydrogen (secondary N) is 2. The van der Waals surface area contributed by atoms with Gasteiger partial charge in [-0.1, -0.05) is 12.1 Å². The van der Waals surface area contributed by atoms with Crippen molar-refractivity contribution < 1.29 is 18.6 Å². The Labute approximate surface area is 139 Å². The second kappa shape index (κ2) is 10.6. The number of alkyl halides is 2. The first kappa shape index (κ1) is 19.8. The summed E-state index contributed by atoms with van der Waals surface area (Å²) in [4.78, 5) is 3.97. The van der Waals surface area contributed by atoms with Crippen molar-refractivity contribution in [3.8, 4) is 5.75 Å². The van der Waals surface area contributed by atoms with E-state index in [1.807, 2.05) is 6.92 Å². The van der Waals surface area contributed by atoms with Crippen molar-refractivity contribution >= 4 is 29.9 Å². The average Bonchev–Trinajstić information content (AvgIpc) is 2.43. The molecule has 120 valence electrons. The normalized spacial score (nSPS) is 12.6. The minimum atomic E-state index is -2.85. The highest BCUT2D eigenvalue weighted by molar-refractivity contribution is 14.0. The van der Waals surface area contributed by atoms with Gasteiger partial charge in [0.05, 0.1) is 6.10 Å². The largest absolute Gasteiger partial charge is 0.435 e. The number of aliphatic hydroxyl groups is 1. The number of hydrogen-bond donors (Lipinski definition) is 3. The first-order valence-corrected chi connectivity index (χ1v) is 6.24. The van der Waals surface area contributed by atoms with Gasteiger partial charge < -0.3 is 20.5 Å². The number of guanidine groups is 1. The van der Waals surface area contributed by atoms with Crippen LogP contribution in [0.4, 0.5) is 8.78 Å². The topological polar surface area (TPSA) is 65.9 Å². The Bertz CT molecular complexity index is 430. The van der Waals surface area contributed by atoms with Crippen molar-refractivity contribution in [1.82, 2.24) is 10.6 Å². The fraction of sp³-hybridized carbons (Fsp3) is 0.462. The van der Waals surface area contributed by atoms with E-state index in [2.05, 4.69) is 20.4 Å². The third kappa shape index (κ3) is 7.42. The van der Waals surface area contributed by atoms with E-state index < -0.39 is 12.7 Å². The van der Waals surface area contributed by atoms with Gasteiger partial charge in [0.2, 0.25) is 0 Å². The molecule has 0 fully saturated rings. The van der Waals surface area contributed by atoms with E-state index >= 15 is 0 Å². The lowest BCUT2D eigenvalue weighted by molar-refractivity contribution is -0.0498. The minimum absolute atomic E-state index is 0. The fourth-order valence-electron chi connectivity index (χ4n) is 1.57. The molecule has 0 spiro atoms. The van der Waals surface area contributed by atoms with Crippen molar-refractivity contribution in [2.45, 2.75) is 19.6 Å². The summed E-state index contributed by atoms with van der Waals surface area (Å²) in [5.74, 6) is 0.650. The first-order chi connectivity index (χ1) is 9.56. The molecule has 21 heavy (non-hydrogen) atoms. The standard InChI is InChI=1S/C13H19F2N3O2.HI/c1-3-17-13(16-2)18-8-11(19)9-4-6-10(7-5-9)20-12(14)15;/h4-7,11-12,19H,3,8H2,1-2H3,(H2,16,17,18);1H. The zero-order chi connectivity index (χ0) is 15.0. The number of aliphatic imine (C=N–C) groups is 1. The van der Waals surface area contributed by atoms with Crippen LogP contribution in [0.5, 0.6) is 5.75 Å². The van der Waals surface area contributed by atoms with Crippen molar-refractivity contribution in [2.75, 3.05) is 20.1 Å². The summed E-state index contributed by atoms with van der Waals surface area (Å²) in [7, 11) is 1.63. The van der Waals surface area contributed by atoms with E-state index in [0.29, 0.717) is 11.5 Å². The van der Waals surface area contributed by atoms with Crippen LogP contribution >= 0.6 is 24.0 Å². The Morgan fingerprint density at radius 1 is 1.29 bits per heavy atom. The van der Waals surface area contributed by atoms with Gasteiger partial charge >= 0.3 is 6.61 Å². The smallest absolute Gasteiger partial charge is 0.387 e. The quantitative estimate of drug-likeness (QED) is 0.379. The summed E-state index contributed by atoms with van der Waals surface area (Å²) in [6.07, 6.45) is -0.772. The lowest BCUT2D eigenvalue weighted by atomic mass is 10.1. The summed E-state index contributed by atoms with van der Waals surface area (Å²) in [5, 5.41) is 15.9. The van der Waals surface area contributed by atoms with Gasteiger partial charge in [-0.25, -0.2) is 0 Å². The second-order valence-corrected chi connectivity index (χ2v) is 3.95. The highest BCUT2D eigenvalue weighted by Crippen LogP contribution is 2.18. The monoisotopic (exact) mass is 415 g/mol. The molecule has 0 radical (unpaired) electrons. The lowest BCUT2D eigenvalue weighted by Gasteiger charge is -2.15. The third-order valence-electron chi connectivity index (χ3n) is 2.52. The maximum absolute atomic E-state index is 12.0. The van der Waals surface area contributed by atoms with Crippen LogP contribution in [0.2, 0.25) is 0 Å².